The maximum atomic E-state index is 12.4. The summed E-state index contributed by atoms with van der Waals surface area (Å²) in [6.45, 7) is 4.35. The van der Waals surface area contributed by atoms with E-state index in [9.17, 15) is 13.2 Å². The van der Waals surface area contributed by atoms with Crippen LogP contribution in [0.25, 0.3) is 0 Å². The first-order valence-electron chi connectivity index (χ1n) is 6.72. The van der Waals surface area contributed by atoms with Gasteiger partial charge in [0.05, 0.1) is 11.6 Å². The van der Waals surface area contributed by atoms with Gasteiger partial charge in [0.15, 0.2) is 0 Å². The maximum absolute atomic E-state index is 12.4. The number of hydrazine groups is 1. The molecule has 0 aliphatic heterocycles. The van der Waals surface area contributed by atoms with Crippen LogP contribution in [0.5, 0.6) is 0 Å². The lowest BCUT2D eigenvalue weighted by atomic mass is 9.68. The number of hydrogen-bond donors (Lipinski definition) is 2. The Kier molecular flexibility index (Phi) is 5.26. The quantitative estimate of drug-likeness (QED) is 0.601. The Hall–Kier alpha value is -0.330. The number of alkyl halides is 3. The summed E-state index contributed by atoms with van der Waals surface area (Å²) in [5.41, 5.74) is 2.19. The Labute approximate surface area is 113 Å². The average molecular weight is 282 g/mol. The molecule has 0 bridgehead atoms. The van der Waals surface area contributed by atoms with Crippen LogP contribution < -0.4 is 11.3 Å². The maximum Gasteiger partial charge on any atom is 0.389 e. The van der Waals surface area contributed by atoms with Gasteiger partial charge in [0, 0.05) is 13.5 Å². The van der Waals surface area contributed by atoms with Crippen molar-refractivity contribution in [3.63, 3.8) is 0 Å². The fourth-order valence-electron chi connectivity index (χ4n) is 2.85. The van der Waals surface area contributed by atoms with Crippen LogP contribution in [0.2, 0.25) is 0 Å². The summed E-state index contributed by atoms with van der Waals surface area (Å²) in [6, 6.07) is -0.463. The first-order valence-corrected chi connectivity index (χ1v) is 6.72. The minimum absolute atomic E-state index is 0.0474. The van der Waals surface area contributed by atoms with Crippen LogP contribution in [0.4, 0.5) is 13.2 Å². The second kappa shape index (κ2) is 5.97. The molecule has 6 heteroatoms. The molecule has 0 heterocycles. The highest BCUT2D eigenvalue weighted by Crippen LogP contribution is 2.44. The van der Waals surface area contributed by atoms with Gasteiger partial charge in [-0.3, -0.25) is 11.3 Å². The van der Waals surface area contributed by atoms with Crippen LogP contribution in [0, 0.1) is 5.41 Å². The number of hydrogen-bond acceptors (Lipinski definition) is 3. The second-order valence-electron chi connectivity index (χ2n) is 6.31. The highest BCUT2D eigenvalue weighted by Gasteiger charge is 2.45. The van der Waals surface area contributed by atoms with Gasteiger partial charge in [0.2, 0.25) is 0 Å². The molecule has 1 saturated carbocycles. The van der Waals surface area contributed by atoms with Crippen molar-refractivity contribution in [3.05, 3.63) is 0 Å². The first kappa shape index (κ1) is 16.7. The Morgan fingerprint density at radius 1 is 1.21 bits per heavy atom. The number of ether oxygens (including phenoxy) is 1. The van der Waals surface area contributed by atoms with E-state index in [1.807, 2.05) is 0 Å². The molecule has 0 saturated heterocycles. The molecular weight excluding hydrogens is 257 g/mol. The van der Waals surface area contributed by atoms with Gasteiger partial charge in [-0.15, -0.1) is 0 Å². The van der Waals surface area contributed by atoms with Crippen LogP contribution in [0.1, 0.15) is 52.4 Å². The molecule has 0 radical (unpaired) electrons. The van der Waals surface area contributed by atoms with E-state index in [1.165, 1.54) is 0 Å². The van der Waals surface area contributed by atoms with Gasteiger partial charge in [0.25, 0.3) is 0 Å². The molecule has 114 valence electrons. The SMILES string of the molecule is COC1(C(CCC(F)(F)F)NN)CCC(C)(C)CC1. The Morgan fingerprint density at radius 3 is 2.11 bits per heavy atom. The lowest BCUT2D eigenvalue weighted by molar-refractivity contribution is -0.145. The van der Waals surface area contributed by atoms with E-state index in [4.69, 9.17) is 10.6 Å². The van der Waals surface area contributed by atoms with Crippen molar-refractivity contribution in [2.75, 3.05) is 7.11 Å². The van der Waals surface area contributed by atoms with Gasteiger partial charge in [0.1, 0.15) is 0 Å². The van der Waals surface area contributed by atoms with Crippen LogP contribution in [0.15, 0.2) is 0 Å². The van der Waals surface area contributed by atoms with Gasteiger partial charge >= 0.3 is 6.18 Å². The van der Waals surface area contributed by atoms with Crippen molar-refractivity contribution in [3.8, 4) is 0 Å². The predicted octanol–water partition coefficient (Wildman–Crippen LogP) is 3.15. The van der Waals surface area contributed by atoms with Crippen LogP contribution in [-0.4, -0.2) is 24.9 Å². The molecule has 19 heavy (non-hydrogen) atoms. The number of nitrogens with two attached hydrogens (primary N) is 1. The molecule has 0 spiro atoms. The molecule has 0 aromatic heterocycles. The third kappa shape index (κ3) is 4.61. The fourth-order valence-corrected chi connectivity index (χ4v) is 2.85. The molecule has 3 N–H and O–H groups in total. The molecule has 1 fully saturated rings. The summed E-state index contributed by atoms with van der Waals surface area (Å²) in [4.78, 5) is 0. The molecule has 1 aliphatic rings. The largest absolute Gasteiger partial charge is 0.389 e. The summed E-state index contributed by atoms with van der Waals surface area (Å²) < 4.78 is 42.7. The minimum Gasteiger partial charge on any atom is -0.377 e. The van der Waals surface area contributed by atoms with Gasteiger partial charge < -0.3 is 4.74 Å². The Morgan fingerprint density at radius 2 is 1.74 bits per heavy atom. The van der Waals surface area contributed by atoms with Gasteiger partial charge in [-0.25, -0.2) is 0 Å². The standard InChI is InChI=1S/C13H25F3N2O/c1-11(2)6-8-12(19-3,9-7-11)10(18-17)4-5-13(14,15)16/h10,18H,4-9,17H2,1-3H3. The Bertz CT molecular complexity index is 282. The summed E-state index contributed by atoms with van der Waals surface area (Å²) in [5, 5.41) is 0. The zero-order valence-corrected chi connectivity index (χ0v) is 11.9. The number of halogens is 3. The molecule has 1 aliphatic carbocycles. The van der Waals surface area contributed by atoms with E-state index >= 15 is 0 Å². The van der Waals surface area contributed by atoms with Crippen LogP contribution in [0.3, 0.4) is 0 Å². The molecule has 0 aromatic carbocycles. The van der Waals surface area contributed by atoms with Crippen molar-refractivity contribution in [2.24, 2.45) is 11.3 Å². The molecule has 1 atom stereocenters. The van der Waals surface area contributed by atoms with Crippen molar-refractivity contribution < 1.29 is 17.9 Å². The van der Waals surface area contributed by atoms with Crippen molar-refractivity contribution >= 4 is 0 Å². The number of rotatable bonds is 5. The Balaban J connectivity index is 2.70. The molecule has 0 aromatic rings. The van der Waals surface area contributed by atoms with E-state index < -0.39 is 24.2 Å². The molecule has 3 nitrogen and oxygen atoms in total. The average Bonchev–Trinajstić information content (AvgIpc) is 2.30. The number of methoxy groups -OCH3 is 1. The lowest BCUT2D eigenvalue weighted by Gasteiger charge is -2.47. The zero-order chi connectivity index (χ0) is 14.7. The van der Waals surface area contributed by atoms with E-state index in [-0.39, 0.29) is 11.8 Å². The monoisotopic (exact) mass is 282 g/mol. The minimum atomic E-state index is -4.15. The third-order valence-corrected chi connectivity index (χ3v) is 4.41. The summed E-state index contributed by atoms with van der Waals surface area (Å²) in [7, 11) is 1.57. The summed E-state index contributed by atoms with van der Waals surface area (Å²) in [6.07, 6.45) is -1.69. The highest BCUT2D eigenvalue weighted by molar-refractivity contribution is 4.98. The normalized spacial score (nSPS) is 24.2. The van der Waals surface area contributed by atoms with Crippen LogP contribution >= 0.6 is 0 Å². The van der Waals surface area contributed by atoms with Crippen molar-refractivity contribution in [2.45, 2.75) is 70.2 Å². The fraction of sp³-hybridized carbons (Fsp3) is 1.00. The van der Waals surface area contributed by atoms with Gasteiger partial charge in [-0.1, -0.05) is 13.8 Å². The smallest absolute Gasteiger partial charge is 0.377 e. The van der Waals surface area contributed by atoms with Crippen LogP contribution in [-0.2, 0) is 4.74 Å². The van der Waals surface area contributed by atoms with E-state index in [1.54, 1.807) is 7.11 Å². The molecule has 1 rings (SSSR count). The molecule has 0 amide bonds. The van der Waals surface area contributed by atoms with E-state index in [2.05, 4.69) is 19.3 Å². The lowest BCUT2D eigenvalue weighted by Crippen LogP contribution is -2.57. The first-order chi connectivity index (χ1) is 8.64. The summed E-state index contributed by atoms with van der Waals surface area (Å²) >= 11 is 0. The van der Waals surface area contributed by atoms with Gasteiger partial charge in [-0.2, -0.15) is 13.2 Å². The zero-order valence-electron chi connectivity index (χ0n) is 11.9. The van der Waals surface area contributed by atoms with E-state index in [0.29, 0.717) is 0 Å². The molecule has 1 unspecified atom stereocenters. The third-order valence-electron chi connectivity index (χ3n) is 4.41. The summed E-state index contributed by atoms with van der Waals surface area (Å²) in [5.74, 6) is 5.46. The predicted molar refractivity (Wildman–Crippen MR) is 68.4 cm³/mol. The topological polar surface area (TPSA) is 47.3 Å². The van der Waals surface area contributed by atoms with E-state index in [0.717, 1.165) is 25.7 Å². The highest BCUT2D eigenvalue weighted by atomic mass is 19.4. The second-order valence-corrected chi connectivity index (χ2v) is 6.31. The molecular formula is C13H25F3N2O. The van der Waals surface area contributed by atoms with Crippen molar-refractivity contribution in [1.82, 2.24) is 5.43 Å². The van der Waals surface area contributed by atoms with Crippen molar-refractivity contribution in [1.29, 1.82) is 0 Å². The van der Waals surface area contributed by atoms with Gasteiger partial charge in [-0.05, 0) is 37.5 Å². The number of nitrogens with one attached hydrogen (secondary N) is 1.